The fraction of sp³-hybridized carbons (Fsp3) is 1.00. The van der Waals surface area contributed by atoms with Gasteiger partial charge in [-0.25, -0.2) is 4.21 Å². The summed E-state index contributed by atoms with van der Waals surface area (Å²) in [5, 5.41) is 0. The Kier molecular flexibility index (Phi) is 2.35. The average Bonchev–Trinajstić information content (AvgIpc) is 1.38. The first-order valence-electron chi connectivity index (χ1n) is 1.05. The third-order valence-corrected chi connectivity index (χ3v) is 0.428. The Morgan fingerprint density at radius 2 is 2.20 bits per heavy atom. The first-order valence-corrected chi connectivity index (χ1v) is 2.32. The highest BCUT2D eigenvalue weighted by Crippen LogP contribution is 1.55. The third-order valence-electron chi connectivity index (χ3n) is 0.143. The SMILES string of the molecule is NCS(=O)O. The van der Waals surface area contributed by atoms with Crippen LogP contribution in [0.15, 0.2) is 0 Å². The van der Waals surface area contributed by atoms with Crippen molar-refractivity contribution in [2.24, 2.45) is 5.73 Å². The van der Waals surface area contributed by atoms with Gasteiger partial charge in [0.15, 0.2) is 11.1 Å². The molecular weight excluding hydrogens is 90.1 g/mol. The Labute approximate surface area is 32.5 Å². The molecule has 0 aliphatic heterocycles. The lowest BCUT2D eigenvalue weighted by Crippen LogP contribution is -2.04. The third kappa shape index (κ3) is 4.07. The van der Waals surface area contributed by atoms with Crippen molar-refractivity contribution < 1.29 is 8.76 Å². The van der Waals surface area contributed by atoms with Gasteiger partial charge in [-0.2, -0.15) is 0 Å². The highest BCUT2D eigenvalue weighted by molar-refractivity contribution is 7.79. The van der Waals surface area contributed by atoms with Crippen LogP contribution in [0.5, 0.6) is 0 Å². The summed E-state index contributed by atoms with van der Waals surface area (Å²) in [7, 11) is 0. The van der Waals surface area contributed by atoms with E-state index in [0.717, 1.165) is 0 Å². The van der Waals surface area contributed by atoms with E-state index in [9.17, 15) is 4.21 Å². The molecule has 0 aromatic rings. The zero-order valence-corrected chi connectivity index (χ0v) is 3.36. The molecule has 0 aliphatic carbocycles. The lowest BCUT2D eigenvalue weighted by molar-refractivity contribution is 0.565. The van der Waals surface area contributed by atoms with Crippen molar-refractivity contribution in [2.75, 3.05) is 5.88 Å². The van der Waals surface area contributed by atoms with E-state index < -0.39 is 11.1 Å². The Morgan fingerprint density at radius 1 is 2.00 bits per heavy atom. The van der Waals surface area contributed by atoms with Crippen LogP contribution in [0.4, 0.5) is 0 Å². The molecule has 3 N–H and O–H groups in total. The molecule has 0 fully saturated rings. The van der Waals surface area contributed by atoms with Crippen molar-refractivity contribution in [3.8, 4) is 0 Å². The Morgan fingerprint density at radius 3 is 2.20 bits per heavy atom. The van der Waals surface area contributed by atoms with E-state index in [1.807, 2.05) is 0 Å². The maximum atomic E-state index is 9.35. The molecule has 0 aromatic carbocycles. The van der Waals surface area contributed by atoms with Gasteiger partial charge in [0.2, 0.25) is 0 Å². The fourth-order valence-electron chi connectivity index (χ4n) is 0. The van der Waals surface area contributed by atoms with E-state index in [4.69, 9.17) is 4.55 Å². The van der Waals surface area contributed by atoms with Crippen molar-refractivity contribution >= 4 is 11.1 Å². The normalized spacial score (nSPS) is 14.8. The van der Waals surface area contributed by atoms with Crippen LogP contribution in [0, 0.1) is 0 Å². The van der Waals surface area contributed by atoms with Crippen molar-refractivity contribution in [3.05, 3.63) is 0 Å². The van der Waals surface area contributed by atoms with Gasteiger partial charge in [-0.15, -0.1) is 0 Å². The van der Waals surface area contributed by atoms with Crippen LogP contribution in [-0.4, -0.2) is 14.6 Å². The minimum Gasteiger partial charge on any atom is -0.318 e. The lowest BCUT2D eigenvalue weighted by Gasteiger charge is -1.74. The first-order chi connectivity index (χ1) is 2.27. The predicted octanol–water partition coefficient (Wildman–Crippen LogP) is -0.876. The quantitative estimate of drug-likeness (QED) is 0.416. The number of nitrogens with two attached hydrogens (primary N) is 1. The van der Waals surface area contributed by atoms with Gasteiger partial charge in [0.25, 0.3) is 0 Å². The second kappa shape index (κ2) is 2.32. The van der Waals surface area contributed by atoms with Crippen molar-refractivity contribution in [3.63, 3.8) is 0 Å². The van der Waals surface area contributed by atoms with Gasteiger partial charge in [0.1, 0.15) is 0 Å². The van der Waals surface area contributed by atoms with Crippen molar-refractivity contribution in [1.29, 1.82) is 0 Å². The van der Waals surface area contributed by atoms with Crippen LogP contribution in [-0.2, 0) is 11.1 Å². The van der Waals surface area contributed by atoms with Gasteiger partial charge in [0.05, 0.1) is 5.88 Å². The van der Waals surface area contributed by atoms with Crippen LogP contribution in [0.2, 0.25) is 0 Å². The molecule has 0 saturated carbocycles. The maximum absolute atomic E-state index is 9.35. The zero-order chi connectivity index (χ0) is 4.28. The van der Waals surface area contributed by atoms with Crippen LogP contribution in [0.25, 0.3) is 0 Å². The Balaban J connectivity index is 2.85. The molecule has 3 nitrogen and oxygen atoms in total. The van der Waals surface area contributed by atoms with Crippen LogP contribution >= 0.6 is 0 Å². The summed E-state index contributed by atoms with van der Waals surface area (Å²) in [6.45, 7) is 0. The second-order valence-electron chi connectivity index (χ2n) is 0.488. The first kappa shape index (κ1) is 5.07. The summed E-state index contributed by atoms with van der Waals surface area (Å²) in [6, 6.07) is 0. The van der Waals surface area contributed by atoms with E-state index in [1.165, 1.54) is 0 Å². The van der Waals surface area contributed by atoms with Gasteiger partial charge in [-0.3, -0.25) is 0 Å². The summed E-state index contributed by atoms with van der Waals surface area (Å²) < 4.78 is 17.1. The highest BCUT2D eigenvalue weighted by Gasteiger charge is 1.76. The summed E-state index contributed by atoms with van der Waals surface area (Å²) in [5.74, 6) is -0.167. The van der Waals surface area contributed by atoms with E-state index in [-0.39, 0.29) is 5.88 Å². The smallest absolute Gasteiger partial charge is 0.167 e. The molecule has 1 unspecified atom stereocenters. The van der Waals surface area contributed by atoms with Crippen molar-refractivity contribution in [1.82, 2.24) is 0 Å². The largest absolute Gasteiger partial charge is 0.318 e. The van der Waals surface area contributed by atoms with E-state index in [1.54, 1.807) is 0 Å². The molecule has 32 valence electrons. The van der Waals surface area contributed by atoms with Crippen LogP contribution < -0.4 is 5.73 Å². The van der Waals surface area contributed by atoms with E-state index in [0.29, 0.717) is 0 Å². The molecule has 0 amide bonds. The minimum absolute atomic E-state index is 0.167. The number of rotatable bonds is 1. The molecule has 0 saturated heterocycles. The average molecular weight is 95.1 g/mol. The molecule has 0 radical (unpaired) electrons. The summed E-state index contributed by atoms with van der Waals surface area (Å²) in [5.41, 5.74) is 4.62. The maximum Gasteiger partial charge on any atom is 0.167 e. The van der Waals surface area contributed by atoms with Gasteiger partial charge in [-0.1, -0.05) is 0 Å². The predicted molar refractivity (Wildman–Crippen MR) is 19.8 cm³/mol. The molecule has 0 aliphatic rings. The van der Waals surface area contributed by atoms with E-state index in [2.05, 4.69) is 5.73 Å². The minimum atomic E-state index is -1.79. The number of hydrogen-bond donors (Lipinski definition) is 2. The molecule has 5 heavy (non-hydrogen) atoms. The van der Waals surface area contributed by atoms with Gasteiger partial charge in [-0.05, 0) is 0 Å². The molecular formula is CH5NO2S. The molecule has 0 heterocycles. The van der Waals surface area contributed by atoms with Gasteiger partial charge < -0.3 is 10.3 Å². The number of hydrogen-bond acceptors (Lipinski definition) is 2. The molecule has 4 heteroatoms. The molecule has 1 atom stereocenters. The van der Waals surface area contributed by atoms with Gasteiger partial charge >= 0.3 is 0 Å². The Bertz CT molecular complexity index is 44.9. The topological polar surface area (TPSA) is 63.3 Å². The lowest BCUT2D eigenvalue weighted by atomic mass is 11.6. The van der Waals surface area contributed by atoms with Crippen LogP contribution in [0.1, 0.15) is 0 Å². The molecule has 0 aromatic heterocycles. The van der Waals surface area contributed by atoms with Gasteiger partial charge in [0, 0.05) is 0 Å². The monoisotopic (exact) mass is 95.0 g/mol. The molecule has 0 bridgehead atoms. The van der Waals surface area contributed by atoms with Crippen LogP contribution in [0.3, 0.4) is 0 Å². The van der Waals surface area contributed by atoms with E-state index >= 15 is 0 Å². The second-order valence-corrected chi connectivity index (χ2v) is 1.46. The zero-order valence-electron chi connectivity index (χ0n) is 2.55. The summed E-state index contributed by atoms with van der Waals surface area (Å²) in [6.07, 6.45) is 0. The summed E-state index contributed by atoms with van der Waals surface area (Å²) >= 11 is -1.79. The summed E-state index contributed by atoms with van der Waals surface area (Å²) in [4.78, 5) is 0. The molecule has 0 spiro atoms. The standard InChI is InChI=1S/CH5NO2S/c2-1-5(3)4/h1-2H2,(H,3,4). The van der Waals surface area contributed by atoms with Crippen molar-refractivity contribution in [2.45, 2.75) is 0 Å². The highest BCUT2D eigenvalue weighted by atomic mass is 32.2. The molecule has 0 rings (SSSR count). The Hall–Kier alpha value is 0.0700. The fourth-order valence-corrected chi connectivity index (χ4v) is 0.